The lowest BCUT2D eigenvalue weighted by molar-refractivity contribution is -0.123. The van der Waals surface area contributed by atoms with Crippen molar-refractivity contribution < 1.29 is 23.5 Å². The minimum absolute atomic E-state index is 0.177. The minimum atomic E-state index is -0.434. The summed E-state index contributed by atoms with van der Waals surface area (Å²) in [4.78, 5) is 39.4. The van der Waals surface area contributed by atoms with Crippen LogP contribution in [0.25, 0.3) is 16.8 Å². The van der Waals surface area contributed by atoms with Crippen molar-refractivity contribution in [1.82, 2.24) is 4.90 Å². The van der Waals surface area contributed by atoms with Crippen LogP contribution in [0.5, 0.6) is 5.75 Å². The van der Waals surface area contributed by atoms with Gasteiger partial charge in [0, 0.05) is 5.69 Å². The fourth-order valence-corrected chi connectivity index (χ4v) is 5.07. The molecule has 1 aliphatic heterocycles. The highest BCUT2D eigenvalue weighted by Crippen LogP contribution is 2.35. The molecule has 3 amide bonds. The number of thioether (sulfide) groups is 1. The second kappa shape index (κ2) is 11.1. The van der Waals surface area contributed by atoms with E-state index in [9.17, 15) is 18.8 Å². The van der Waals surface area contributed by atoms with Gasteiger partial charge in [0.25, 0.3) is 17.1 Å². The molecule has 0 bridgehead atoms. The van der Waals surface area contributed by atoms with E-state index in [1.165, 1.54) is 29.2 Å². The molecule has 0 aromatic heterocycles. The molecule has 0 unspecified atom stereocenters. The number of hydrogen-bond donors (Lipinski definition) is 1. The molecule has 38 heavy (non-hydrogen) atoms. The van der Waals surface area contributed by atoms with Crippen LogP contribution in [0.1, 0.15) is 11.1 Å². The van der Waals surface area contributed by atoms with Gasteiger partial charge >= 0.3 is 0 Å². The van der Waals surface area contributed by atoms with Crippen LogP contribution in [0.15, 0.2) is 89.8 Å². The topological polar surface area (TPSA) is 75.7 Å². The van der Waals surface area contributed by atoms with Crippen LogP contribution in [0.3, 0.4) is 0 Å². The number of amides is 3. The smallest absolute Gasteiger partial charge is 0.293 e. The van der Waals surface area contributed by atoms with E-state index in [0.29, 0.717) is 16.2 Å². The van der Waals surface area contributed by atoms with Crippen molar-refractivity contribution in [3.63, 3.8) is 0 Å². The third-order valence-electron chi connectivity index (χ3n) is 5.82. The SMILES string of the molecule is O=C(COc1ccc(/C=C2/SC(=O)N(Cc3cccc4ccccc34)C2=O)cc1Cl)Nc1ccc(F)cc1. The van der Waals surface area contributed by atoms with E-state index in [1.54, 1.807) is 24.3 Å². The lowest BCUT2D eigenvalue weighted by atomic mass is 10.0. The number of nitrogens with one attached hydrogen (secondary N) is 1. The van der Waals surface area contributed by atoms with Crippen molar-refractivity contribution in [3.05, 3.63) is 112 Å². The van der Waals surface area contributed by atoms with Gasteiger partial charge in [-0.2, -0.15) is 0 Å². The van der Waals surface area contributed by atoms with Gasteiger partial charge in [0.2, 0.25) is 0 Å². The van der Waals surface area contributed by atoms with Crippen LogP contribution in [0, 0.1) is 5.82 Å². The van der Waals surface area contributed by atoms with Gasteiger partial charge in [-0.05, 0) is 76.1 Å². The van der Waals surface area contributed by atoms with Crippen molar-refractivity contribution in [2.24, 2.45) is 0 Å². The molecule has 0 spiro atoms. The lowest BCUT2D eigenvalue weighted by Crippen LogP contribution is -2.27. The predicted molar refractivity (Wildman–Crippen MR) is 147 cm³/mol. The first-order valence-corrected chi connectivity index (χ1v) is 12.8. The first kappa shape index (κ1) is 25.5. The van der Waals surface area contributed by atoms with Crippen molar-refractivity contribution in [3.8, 4) is 5.75 Å². The number of halogens is 2. The normalized spacial score (nSPS) is 14.4. The standard InChI is InChI=1S/C29H20ClFN2O4S/c30-24-14-18(8-13-25(24)37-17-27(34)32-22-11-9-21(31)10-12-22)15-26-28(35)33(29(36)38-26)16-20-6-3-5-19-4-1-2-7-23(19)20/h1-15H,16-17H2,(H,32,34)/b26-15+. The zero-order valence-electron chi connectivity index (χ0n) is 19.8. The zero-order valence-corrected chi connectivity index (χ0v) is 21.4. The van der Waals surface area contributed by atoms with E-state index in [1.807, 2.05) is 42.5 Å². The van der Waals surface area contributed by atoms with Gasteiger partial charge in [-0.3, -0.25) is 19.3 Å². The molecule has 4 aromatic rings. The second-order valence-corrected chi connectivity index (χ2v) is 9.84. The Kier molecular flexibility index (Phi) is 7.44. The highest BCUT2D eigenvalue weighted by Gasteiger charge is 2.35. The van der Waals surface area contributed by atoms with Gasteiger partial charge in [0.15, 0.2) is 6.61 Å². The fourth-order valence-electron chi connectivity index (χ4n) is 3.99. The lowest BCUT2D eigenvalue weighted by Gasteiger charge is -2.14. The van der Waals surface area contributed by atoms with E-state index in [2.05, 4.69) is 5.32 Å². The predicted octanol–water partition coefficient (Wildman–Crippen LogP) is 6.89. The number of carbonyl (C=O) groups excluding carboxylic acids is 3. The van der Waals surface area contributed by atoms with Crippen LogP contribution in [-0.2, 0) is 16.1 Å². The van der Waals surface area contributed by atoms with E-state index in [-0.39, 0.29) is 35.1 Å². The summed E-state index contributed by atoms with van der Waals surface area (Å²) < 4.78 is 18.5. The Labute approximate surface area is 227 Å². The Morgan fingerprint density at radius 3 is 2.55 bits per heavy atom. The number of hydrogen-bond acceptors (Lipinski definition) is 5. The molecule has 1 fully saturated rings. The molecular weight excluding hydrogens is 527 g/mol. The number of imide groups is 1. The van der Waals surface area contributed by atoms with Gasteiger partial charge in [-0.15, -0.1) is 0 Å². The summed E-state index contributed by atoms with van der Waals surface area (Å²) in [6.45, 7) is -0.125. The molecule has 0 saturated carbocycles. The van der Waals surface area contributed by atoms with Crippen LogP contribution in [0.4, 0.5) is 14.9 Å². The molecule has 4 aromatic carbocycles. The van der Waals surface area contributed by atoms with Crippen LogP contribution < -0.4 is 10.1 Å². The first-order chi connectivity index (χ1) is 18.4. The summed E-state index contributed by atoms with van der Waals surface area (Å²) >= 11 is 7.21. The quantitative estimate of drug-likeness (QED) is 0.256. The maximum atomic E-state index is 13.1. The maximum Gasteiger partial charge on any atom is 0.293 e. The Balaban J connectivity index is 1.24. The number of carbonyl (C=O) groups is 3. The summed E-state index contributed by atoms with van der Waals surface area (Å²) in [6, 6.07) is 23.9. The van der Waals surface area contributed by atoms with Crippen molar-refractivity contribution >= 4 is 63.0 Å². The fraction of sp³-hybridized carbons (Fsp3) is 0.0690. The average molecular weight is 547 g/mol. The van der Waals surface area contributed by atoms with Gasteiger partial charge < -0.3 is 10.1 Å². The molecule has 1 heterocycles. The Hall–Kier alpha value is -4.14. The van der Waals surface area contributed by atoms with Crippen LogP contribution in [-0.4, -0.2) is 28.6 Å². The summed E-state index contributed by atoms with van der Waals surface area (Å²) in [5.41, 5.74) is 1.93. The number of benzene rings is 4. The first-order valence-electron chi connectivity index (χ1n) is 11.6. The number of anilines is 1. The molecule has 190 valence electrons. The monoisotopic (exact) mass is 546 g/mol. The van der Waals surface area contributed by atoms with E-state index >= 15 is 0 Å². The number of nitrogens with zero attached hydrogens (tertiary/aromatic N) is 1. The summed E-state index contributed by atoms with van der Waals surface area (Å²) in [5, 5.41) is 4.53. The Bertz CT molecular complexity index is 1580. The third-order valence-corrected chi connectivity index (χ3v) is 7.03. The summed E-state index contributed by atoms with van der Waals surface area (Å²) in [6.07, 6.45) is 1.60. The molecule has 1 aliphatic rings. The third kappa shape index (κ3) is 5.72. The highest BCUT2D eigenvalue weighted by atomic mass is 35.5. The van der Waals surface area contributed by atoms with E-state index in [4.69, 9.17) is 16.3 Å². The van der Waals surface area contributed by atoms with Crippen molar-refractivity contribution in [1.29, 1.82) is 0 Å². The average Bonchev–Trinajstić information content (AvgIpc) is 3.17. The zero-order chi connectivity index (χ0) is 26.6. The Morgan fingerprint density at radius 2 is 1.76 bits per heavy atom. The van der Waals surface area contributed by atoms with Crippen molar-refractivity contribution in [2.45, 2.75) is 6.54 Å². The number of fused-ring (bicyclic) bond motifs is 1. The molecule has 0 radical (unpaired) electrons. The molecular formula is C29H20ClFN2O4S. The van der Waals surface area contributed by atoms with Gasteiger partial charge in [-0.25, -0.2) is 4.39 Å². The molecule has 5 rings (SSSR count). The second-order valence-electron chi connectivity index (χ2n) is 8.44. The Morgan fingerprint density at radius 1 is 1.00 bits per heavy atom. The van der Waals surface area contributed by atoms with E-state index in [0.717, 1.165) is 28.1 Å². The molecule has 9 heteroatoms. The maximum absolute atomic E-state index is 13.1. The van der Waals surface area contributed by atoms with Gasteiger partial charge in [-0.1, -0.05) is 60.1 Å². The minimum Gasteiger partial charge on any atom is -0.482 e. The van der Waals surface area contributed by atoms with Crippen LogP contribution in [0.2, 0.25) is 5.02 Å². The summed E-state index contributed by atoms with van der Waals surface area (Å²) in [7, 11) is 0. The molecule has 0 aliphatic carbocycles. The van der Waals surface area contributed by atoms with Gasteiger partial charge in [0.1, 0.15) is 11.6 Å². The van der Waals surface area contributed by atoms with Crippen molar-refractivity contribution in [2.75, 3.05) is 11.9 Å². The van der Waals surface area contributed by atoms with E-state index < -0.39 is 11.7 Å². The number of rotatable bonds is 7. The largest absolute Gasteiger partial charge is 0.482 e. The molecule has 1 N–H and O–H groups in total. The summed E-state index contributed by atoms with van der Waals surface area (Å²) in [5.74, 6) is -0.929. The molecule has 0 atom stereocenters. The van der Waals surface area contributed by atoms with Crippen LogP contribution >= 0.6 is 23.4 Å². The number of ether oxygens (including phenoxy) is 1. The molecule has 6 nitrogen and oxygen atoms in total. The van der Waals surface area contributed by atoms with Gasteiger partial charge in [0.05, 0.1) is 16.5 Å². The molecule has 1 saturated heterocycles. The highest BCUT2D eigenvalue weighted by molar-refractivity contribution is 8.18.